The highest BCUT2D eigenvalue weighted by molar-refractivity contribution is 6.64. The van der Waals surface area contributed by atoms with E-state index in [1.165, 1.54) is 12.8 Å². The fraction of sp³-hybridized carbons (Fsp3) is 0.455. The first kappa shape index (κ1) is 11.2. The van der Waals surface area contributed by atoms with Gasteiger partial charge in [0.15, 0.2) is 5.29 Å². The lowest BCUT2D eigenvalue weighted by Gasteiger charge is -2.27. The molecule has 1 atom stereocenters. The molecule has 2 rings (SSSR count). The molecular formula is C11H15ClN4. The van der Waals surface area contributed by atoms with Crippen molar-refractivity contribution in [1.82, 2.24) is 4.98 Å². The highest BCUT2D eigenvalue weighted by Crippen LogP contribution is 2.32. The zero-order chi connectivity index (χ0) is 11.5. The largest absolute Gasteiger partial charge is 0.374 e. The maximum Gasteiger partial charge on any atom is 0.190 e. The molecule has 0 spiro atoms. The lowest BCUT2D eigenvalue weighted by molar-refractivity contribution is 0.648. The summed E-state index contributed by atoms with van der Waals surface area (Å²) < 4.78 is 0. The summed E-state index contributed by atoms with van der Waals surface area (Å²) in [5.41, 5.74) is 5.40. The Kier molecular flexibility index (Phi) is 3.29. The number of hydrogen-bond acceptors (Lipinski definition) is 3. The number of aliphatic imine (C=N–C) groups is 1. The Morgan fingerprint density at radius 1 is 1.62 bits per heavy atom. The molecule has 1 saturated carbocycles. The van der Waals surface area contributed by atoms with Crippen LogP contribution in [-0.4, -0.2) is 22.5 Å². The molecule has 0 radical (unpaired) electrons. The van der Waals surface area contributed by atoms with E-state index in [1.54, 1.807) is 6.20 Å². The first-order chi connectivity index (χ1) is 7.68. The van der Waals surface area contributed by atoms with E-state index in [1.807, 2.05) is 25.1 Å². The average Bonchev–Trinajstić information content (AvgIpc) is 3.03. The van der Waals surface area contributed by atoms with Crippen molar-refractivity contribution in [2.24, 2.45) is 10.7 Å². The van der Waals surface area contributed by atoms with Gasteiger partial charge in [0.1, 0.15) is 12.0 Å². The molecular weight excluding hydrogens is 224 g/mol. The minimum absolute atomic E-state index is 0.0695. The summed E-state index contributed by atoms with van der Waals surface area (Å²) in [6.07, 6.45) is 4.07. The van der Waals surface area contributed by atoms with Gasteiger partial charge in [-0.25, -0.2) is 9.98 Å². The molecule has 4 nitrogen and oxygen atoms in total. The van der Waals surface area contributed by atoms with E-state index in [0.29, 0.717) is 6.04 Å². The second-order valence-corrected chi connectivity index (χ2v) is 4.30. The number of aromatic nitrogens is 1. The van der Waals surface area contributed by atoms with Crippen LogP contribution in [-0.2, 0) is 0 Å². The van der Waals surface area contributed by atoms with Gasteiger partial charge in [-0.1, -0.05) is 6.07 Å². The van der Waals surface area contributed by atoms with E-state index in [0.717, 1.165) is 5.82 Å². The second kappa shape index (κ2) is 4.70. The van der Waals surface area contributed by atoms with Crippen molar-refractivity contribution in [1.29, 1.82) is 0 Å². The highest BCUT2D eigenvalue weighted by Gasteiger charge is 2.33. The van der Waals surface area contributed by atoms with Crippen LogP contribution in [0, 0.1) is 0 Å². The molecule has 0 aliphatic heterocycles. The summed E-state index contributed by atoms with van der Waals surface area (Å²) in [7, 11) is 0. The summed E-state index contributed by atoms with van der Waals surface area (Å²) in [5, 5.41) is 0.0917. The number of hydrogen-bond donors (Lipinski definition) is 1. The van der Waals surface area contributed by atoms with Crippen LogP contribution in [0.5, 0.6) is 0 Å². The minimum Gasteiger partial charge on any atom is -0.374 e. The van der Waals surface area contributed by atoms with E-state index in [2.05, 4.69) is 14.9 Å². The predicted octanol–water partition coefficient (Wildman–Crippen LogP) is 1.95. The fourth-order valence-corrected chi connectivity index (χ4v) is 1.92. The normalized spacial score (nSPS) is 18.2. The molecule has 1 aromatic rings. The summed E-state index contributed by atoms with van der Waals surface area (Å²) in [6, 6.07) is 6.37. The molecule has 1 fully saturated rings. The standard InChI is InChI=1S/C11H15ClN4/c1-8(15-11(12)13)16(9-5-6-9)10-4-2-3-7-14-10/h2-4,7-9H,5-6H2,1H3,(H2,13,15). The molecule has 1 aliphatic carbocycles. The third-order valence-corrected chi connectivity index (χ3v) is 2.66. The van der Waals surface area contributed by atoms with Crippen molar-refractivity contribution in [2.75, 3.05) is 4.90 Å². The SMILES string of the molecule is CC(N=C(N)Cl)N(c1ccccn1)C1CC1. The number of rotatable bonds is 4. The third kappa shape index (κ3) is 2.64. The van der Waals surface area contributed by atoms with Crippen LogP contribution < -0.4 is 10.6 Å². The first-order valence-electron chi connectivity index (χ1n) is 5.36. The fourth-order valence-electron chi connectivity index (χ4n) is 1.78. The molecule has 1 aromatic heterocycles. The van der Waals surface area contributed by atoms with Gasteiger partial charge in [0, 0.05) is 12.2 Å². The topological polar surface area (TPSA) is 54.5 Å². The summed E-state index contributed by atoms with van der Waals surface area (Å²) in [5.74, 6) is 0.930. The Bertz CT molecular complexity index is 371. The molecule has 16 heavy (non-hydrogen) atoms. The molecule has 0 saturated heterocycles. The van der Waals surface area contributed by atoms with Crippen molar-refractivity contribution in [2.45, 2.75) is 32.0 Å². The molecule has 5 heteroatoms. The lowest BCUT2D eigenvalue weighted by Crippen LogP contribution is -2.35. The number of pyridine rings is 1. The third-order valence-electron chi connectivity index (χ3n) is 2.57. The van der Waals surface area contributed by atoms with Crippen LogP contribution in [0.4, 0.5) is 5.82 Å². The maximum atomic E-state index is 5.61. The predicted molar refractivity (Wildman–Crippen MR) is 66.7 cm³/mol. The number of nitrogens with two attached hydrogens (primary N) is 1. The van der Waals surface area contributed by atoms with Crippen molar-refractivity contribution in [3.05, 3.63) is 24.4 Å². The summed E-state index contributed by atoms with van der Waals surface area (Å²) in [4.78, 5) is 10.7. The lowest BCUT2D eigenvalue weighted by atomic mass is 10.3. The first-order valence-corrected chi connectivity index (χ1v) is 5.74. The second-order valence-electron chi connectivity index (χ2n) is 3.91. The molecule has 86 valence electrons. The molecule has 1 heterocycles. The van der Waals surface area contributed by atoms with E-state index in [-0.39, 0.29) is 11.5 Å². The molecule has 2 N–H and O–H groups in total. The zero-order valence-electron chi connectivity index (χ0n) is 9.18. The van der Waals surface area contributed by atoms with Crippen LogP contribution in [0.25, 0.3) is 0 Å². The monoisotopic (exact) mass is 238 g/mol. The molecule has 0 amide bonds. The smallest absolute Gasteiger partial charge is 0.190 e. The van der Waals surface area contributed by atoms with Crippen LogP contribution in [0.1, 0.15) is 19.8 Å². The van der Waals surface area contributed by atoms with Crippen LogP contribution in [0.2, 0.25) is 0 Å². The van der Waals surface area contributed by atoms with Gasteiger partial charge in [-0.05, 0) is 43.5 Å². The zero-order valence-corrected chi connectivity index (χ0v) is 9.93. The summed E-state index contributed by atoms with van der Waals surface area (Å²) in [6.45, 7) is 1.97. The van der Waals surface area contributed by atoms with Crippen molar-refractivity contribution < 1.29 is 0 Å². The van der Waals surface area contributed by atoms with Crippen LogP contribution in [0.3, 0.4) is 0 Å². The maximum absolute atomic E-state index is 5.61. The summed E-state index contributed by atoms with van der Waals surface area (Å²) >= 11 is 5.61. The number of anilines is 1. The quantitative estimate of drug-likeness (QED) is 0.496. The Labute approximate surface area is 100 Å². The van der Waals surface area contributed by atoms with E-state index in [9.17, 15) is 0 Å². The van der Waals surface area contributed by atoms with E-state index >= 15 is 0 Å². The van der Waals surface area contributed by atoms with Gasteiger partial charge in [-0.3, -0.25) is 0 Å². The van der Waals surface area contributed by atoms with E-state index < -0.39 is 0 Å². The van der Waals surface area contributed by atoms with Gasteiger partial charge >= 0.3 is 0 Å². The van der Waals surface area contributed by atoms with Gasteiger partial charge in [-0.15, -0.1) is 0 Å². The molecule has 1 aliphatic rings. The van der Waals surface area contributed by atoms with Crippen molar-refractivity contribution >= 4 is 22.7 Å². The Hall–Kier alpha value is -1.29. The van der Waals surface area contributed by atoms with E-state index in [4.69, 9.17) is 17.3 Å². The average molecular weight is 239 g/mol. The van der Waals surface area contributed by atoms with Crippen molar-refractivity contribution in [3.63, 3.8) is 0 Å². The van der Waals surface area contributed by atoms with Crippen LogP contribution >= 0.6 is 11.6 Å². The van der Waals surface area contributed by atoms with Crippen molar-refractivity contribution in [3.8, 4) is 0 Å². The van der Waals surface area contributed by atoms with Gasteiger partial charge in [0.25, 0.3) is 0 Å². The number of amidine groups is 1. The Balaban J connectivity index is 2.21. The molecule has 1 unspecified atom stereocenters. The van der Waals surface area contributed by atoms with Gasteiger partial charge < -0.3 is 10.6 Å². The molecule has 0 bridgehead atoms. The Morgan fingerprint density at radius 3 is 2.88 bits per heavy atom. The Morgan fingerprint density at radius 2 is 2.38 bits per heavy atom. The highest BCUT2D eigenvalue weighted by atomic mass is 35.5. The van der Waals surface area contributed by atoms with Gasteiger partial charge in [0.2, 0.25) is 0 Å². The molecule has 0 aromatic carbocycles. The minimum atomic E-state index is -0.0695. The van der Waals surface area contributed by atoms with Crippen LogP contribution in [0.15, 0.2) is 29.4 Å². The number of nitrogens with zero attached hydrogens (tertiary/aromatic N) is 3. The van der Waals surface area contributed by atoms with Gasteiger partial charge in [-0.2, -0.15) is 0 Å². The number of halogens is 1. The van der Waals surface area contributed by atoms with Gasteiger partial charge in [0.05, 0.1) is 0 Å².